The second kappa shape index (κ2) is 10.6. The molecule has 0 bridgehead atoms. The quantitative estimate of drug-likeness (QED) is 0.228. The Kier molecular flexibility index (Phi) is 8.43. The third-order valence-electron chi connectivity index (χ3n) is 4.71. The minimum Gasteiger partial charge on any atom is -0.468 e. The Balaban J connectivity index is 2.65. The van der Waals surface area contributed by atoms with Gasteiger partial charge in [0.25, 0.3) is 5.69 Å². The summed E-state index contributed by atoms with van der Waals surface area (Å²) < 4.78 is 32.8. The Morgan fingerprint density at radius 3 is 2.34 bits per heavy atom. The number of benzene rings is 1. The highest BCUT2D eigenvalue weighted by Crippen LogP contribution is 2.51. The molecule has 0 N–H and O–H groups in total. The van der Waals surface area contributed by atoms with Gasteiger partial charge in [0.15, 0.2) is 0 Å². The van der Waals surface area contributed by atoms with Crippen molar-refractivity contribution < 1.29 is 37.4 Å². The van der Waals surface area contributed by atoms with E-state index >= 15 is 0 Å². The summed E-state index contributed by atoms with van der Waals surface area (Å²) in [6, 6.07) is 5.52. The molecule has 0 fully saturated rings. The number of rotatable bonds is 9. The molecule has 0 saturated carbocycles. The zero-order valence-electron chi connectivity index (χ0n) is 18.4. The lowest BCUT2D eigenvalue weighted by atomic mass is 9.75. The van der Waals surface area contributed by atoms with Crippen molar-refractivity contribution in [3.05, 3.63) is 51.2 Å². The van der Waals surface area contributed by atoms with Crippen molar-refractivity contribution in [2.24, 2.45) is 10.9 Å². The third kappa shape index (κ3) is 5.48. The molecule has 1 aliphatic heterocycles. The number of nitro benzene ring substituents is 1. The van der Waals surface area contributed by atoms with Crippen LogP contribution in [0.1, 0.15) is 39.2 Å². The van der Waals surface area contributed by atoms with Gasteiger partial charge in [-0.25, -0.2) is 9.36 Å². The van der Waals surface area contributed by atoms with Gasteiger partial charge in [-0.2, -0.15) is 0 Å². The van der Waals surface area contributed by atoms with Crippen LogP contribution in [-0.2, 0) is 32.5 Å². The van der Waals surface area contributed by atoms with Crippen LogP contribution < -0.4 is 0 Å². The van der Waals surface area contributed by atoms with Gasteiger partial charge >= 0.3 is 19.8 Å². The van der Waals surface area contributed by atoms with Gasteiger partial charge in [-0.3, -0.25) is 28.9 Å². The van der Waals surface area contributed by atoms with Crippen LogP contribution in [0, 0.1) is 16.0 Å². The highest BCUT2D eigenvalue weighted by Gasteiger charge is 2.44. The van der Waals surface area contributed by atoms with Crippen LogP contribution in [0.25, 0.3) is 0 Å². The van der Waals surface area contributed by atoms with Gasteiger partial charge < -0.3 is 9.26 Å². The lowest BCUT2D eigenvalue weighted by molar-refractivity contribution is -0.384. The molecule has 0 radical (unpaired) electrons. The summed E-state index contributed by atoms with van der Waals surface area (Å²) in [5.41, 5.74) is 0.499. The number of ether oxygens (including phenoxy) is 1. The maximum atomic E-state index is 13.2. The summed E-state index contributed by atoms with van der Waals surface area (Å²) in [6.45, 7) is 6.12. The van der Waals surface area contributed by atoms with Crippen LogP contribution in [0.3, 0.4) is 0 Å². The zero-order valence-corrected chi connectivity index (χ0v) is 19.3. The van der Waals surface area contributed by atoms with Gasteiger partial charge in [-0.15, -0.1) is 0 Å². The van der Waals surface area contributed by atoms with E-state index in [2.05, 4.69) is 4.99 Å². The fourth-order valence-corrected chi connectivity index (χ4v) is 4.60. The van der Waals surface area contributed by atoms with Crippen molar-refractivity contribution in [1.82, 2.24) is 0 Å². The Hall–Kier alpha value is -2.88. The van der Waals surface area contributed by atoms with Gasteiger partial charge in [0.1, 0.15) is 5.92 Å². The number of nitro groups is 1. The number of phosphoric acid groups is 1. The molecular formula is C20H25N2O9P. The molecule has 0 aliphatic carbocycles. The number of hydrogen-bond acceptors (Lipinski definition) is 10. The fraction of sp³-hybridized carbons (Fsp3) is 0.450. The maximum Gasteiger partial charge on any atom is 0.532 e. The van der Waals surface area contributed by atoms with Crippen LogP contribution in [0.5, 0.6) is 0 Å². The number of carbonyl (C=O) groups excluding carboxylic acids is 2. The van der Waals surface area contributed by atoms with E-state index in [0.717, 1.165) is 0 Å². The highest BCUT2D eigenvalue weighted by molar-refractivity contribution is 7.49. The first-order chi connectivity index (χ1) is 15.1. The first-order valence-electron chi connectivity index (χ1n) is 9.79. The van der Waals surface area contributed by atoms with Crippen LogP contribution in [0.2, 0.25) is 0 Å². The summed E-state index contributed by atoms with van der Waals surface area (Å²) in [4.78, 5) is 40.8. The molecule has 1 heterocycles. The van der Waals surface area contributed by atoms with Crippen LogP contribution in [0.15, 0.2) is 40.5 Å². The number of methoxy groups -OCH3 is 1. The Labute approximate surface area is 185 Å². The third-order valence-corrected chi connectivity index (χ3v) is 6.25. The molecule has 0 saturated heterocycles. The summed E-state index contributed by atoms with van der Waals surface area (Å²) in [7, 11) is -3.05. The van der Waals surface area contributed by atoms with Crippen molar-refractivity contribution in [3.63, 3.8) is 0 Å². The van der Waals surface area contributed by atoms with Crippen molar-refractivity contribution in [2.75, 3.05) is 20.3 Å². The number of esters is 1. The highest BCUT2D eigenvalue weighted by atomic mass is 31.2. The van der Waals surface area contributed by atoms with Gasteiger partial charge in [-0.05, 0) is 33.3 Å². The van der Waals surface area contributed by atoms with E-state index < -0.39 is 36.5 Å². The van der Waals surface area contributed by atoms with Gasteiger partial charge in [0.2, 0.25) is 0 Å². The second-order valence-corrected chi connectivity index (χ2v) is 8.34. The maximum absolute atomic E-state index is 13.2. The molecule has 1 aliphatic rings. The summed E-state index contributed by atoms with van der Waals surface area (Å²) >= 11 is 0. The van der Waals surface area contributed by atoms with E-state index in [0.29, 0.717) is 5.71 Å². The molecule has 32 heavy (non-hydrogen) atoms. The zero-order chi connectivity index (χ0) is 24.1. The summed E-state index contributed by atoms with van der Waals surface area (Å²) in [6.07, 6.45) is 0. The molecule has 0 spiro atoms. The van der Waals surface area contributed by atoms with Crippen molar-refractivity contribution in [1.29, 1.82) is 0 Å². The Morgan fingerprint density at radius 2 is 1.81 bits per heavy atom. The van der Waals surface area contributed by atoms with E-state index in [1.807, 2.05) is 0 Å². The molecule has 2 unspecified atom stereocenters. The molecular weight excluding hydrogens is 443 g/mol. The monoisotopic (exact) mass is 468 g/mol. The minimum absolute atomic E-state index is 0.0427. The average Bonchev–Trinajstić information content (AvgIpc) is 2.72. The minimum atomic E-state index is -4.23. The number of aliphatic imine (C=N–C) groups is 1. The lowest BCUT2D eigenvalue weighted by Crippen LogP contribution is -2.36. The average molecular weight is 468 g/mol. The lowest BCUT2D eigenvalue weighted by Gasteiger charge is -2.31. The first-order valence-corrected chi connectivity index (χ1v) is 11.3. The van der Waals surface area contributed by atoms with Crippen molar-refractivity contribution >= 4 is 31.2 Å². The first kappa shape index (κ1) is 25.4. The number of non-ortho nitro benzene ring substituents is 1. The Morgan fingerprint density at radius 1 is 1.19 bits per heavy atom. The van der Waals surface area contributed by atoms with E-state index in [-0.39, 0.29) is 35.7 Å². The topological polar surface area (TPSA) is 144 Å². The predicted molar refractivity (Wildman–Crippen MR) is 114 cm³/mol. The van der Waals surface area contributed by atoms with Crippen molar-refractivity contribution in [2.45, 2.75) is 33.6 Å². The standard InChI is InChI=1S/C20H25N2O9P/c1-6-29-32(27,30-7-2)31-20(24)17-13(4)21-12(3)16(19(23)28-5)18(17)14-9-8-10-15(11-14)22(25)26/h8-11,16,18H,6-7H2,1-5H3. The molecule has 2 rings (SSSR count). The van der Waals surface area contributed by atoms with E-state index in [9.17, 15) is 24.3 Å². The van der Waals surface area contributed by atoms with Crippen molar-refractivity contribution in [3.8, 4) is 0 Å². The predicted octanol–water partition coefficient (Wildman–Crippen LogP) is 3.94. The summed E-state index contributed by atoms with van der Waals surface area (Å²) in [5, 5.41) is 11.3. The van der Waals surface area contributed by atoms with Crippen LogP contribution in [-0.4, -0.2) is 42.9 Å². The smallest absolute Gasteiger partial charge is 0.468 e. The molecule has 174 valence electrons. The van der Waals surface area contributed by atoms with E-state index in [4.69, 9.17) is 18.3 Å². The number of nitrogens with zero attached hydrogens (tertiary/aromatic N) is 2. The number of phosphoric ester groups is 1. The summed E-state index contributed by atoms with van der Waals surface area (Å²) in [5.74, 6) is -3.87. The number of carbonyl (C=O) groups is 2. The normalized spacial score (nSPS) is 18.7. The molecule has 0 aromatic heterocycles. The number of allylic oxidation sites excluding steroid dienone is 1. The Bertz CT molecular complexity index is 1010. The molecule has 12 heteroatoms. The number of hydrogen-bond donors (Lipinski definition) is 0. The second-order valence-electron chi connectivity index (χ2n) is 6.74. The molecule has 1 aromatic rings. The van der Waals surface area contributed by atoms with Gasteiger partial charge in [0.05, 0.1) is 30.8 Å². The molecule has 0 amide bonds. The van der Waals surface area contributed by atoms with E-state index in [1.165, 1.54) is 38.3 Å². The molecule has 2 atom stereocenters. The van der Waals surface area contributed by atoms with Gasteiger partial charge in [0, 0.05) is 29.5 Å². The fourth-order valence-electron chi connectivity index (χ4n) is 3.48. The van der Waals surface area contributed by atoms with Gasteiger partial charge in [-0.1, -0.05) is 12.1 Å². The van der Waals surface area contributed by atoms with Crippen LogP contribution >= 0.6 is 7.82 Å². The largest absolute Gasteiger partial charge is 0.532 e. The van der Waals surface area contributed by atoms with E-state index in [1.54, 1.807) is 20.8 Å². The molecule has 11 nitrogen and oxygen atoms in total. The SMILES string of the molecule is CCOP(=O)(OCC)OC(=O)C1=C(C)N=C(C)C(C(=O)OC)C1c1cccc([N+](=O)[O-])c1. The molecule has 1 aromatic carbocycles. The van der Waals surface area contributed by atoms with Crippen LogP contribution in [0.4, 0.5) is 5.69 Å².